The van der Waals surface area contributed by atoms with Gasteiger partial charge in [0.2, 0.25) is 0 Å². The van der Waals surface area contributed by atoms with Crippen molar-refractivity contribution in [2.24, 2.45) is 0 Å². The first-order valence-electron chi connectivity index (χ1n) is 8.17. The summed E-state index contributed by atoms with van der Waals surface area (Å²) in [5, 5.41) is 0. The topological polar surface area (TPSA) is 17.8 Å². The fraction of sp³-hybridized carbons (Fsp3) is 0.316. The van der Waals surface area contributed by atoms with Gasteiger partial charge >= 0.3 is 12.0 Å². The number of rotatable bonds is 3. The first kappa shape index (κ1) is 16.1. The molecule has 3 aromatic rings. The number of benzene rings is 2. The summed E-state index contributed by atoms with van der Waals surface area (Å²) in [4.78, 5) is 4.26. The van der Waals surface area contributed by atoms with Crippen LogP contribution in [0.4, 0.5) is 17.6 Å². The third-order valence-corrected chi connectivity index (χ3v) is 4.80. The first-order chi connectivity index (χ1) is 11.9. The molecule has 2 nitrogen and oxygen atoms in total. The van der Waals surface area contributed by atoms with Gasteiger partial charge in [-0.15, -0.1) is 0 Å². The van der Waals surface area contributed by atoms with Gasteiger partial charge in [-0.3, -0.25) is 4.57 Å². The quantitative estimate of drug-likeness (QED) is 0.584. The largest absolute Gasteiger partial charge is 0.393 e. The standard InChI is InChI=1S/C19H16F4N2/c20-18(21)12-14(11-10-13-6-2-1-3-7-13)17-24-15-8-4-5-9-16(15)25(17)19(18,22)23/h1-9,14H,10-12H2/t14-/m1/s1. The third-order valence-electron chi connectivity index (χ3n) is 4.80. The number of alkyl halides is 4. The van der Waals surface area contributed by atoms with Crippen LogP contribution in [0.25, 0.3) is 11.0 Å². The molecule has 6 heteroatoms. The van der Waals surface area contributed by atoms with E-state index in [9.17, 15) is 17.6 Å². The number of aromatic nitrogens is 2. The second kappa shape index (κ2) is 5.58. The highest BCUT2D eigenvalue weighted by Gasteiger charge is 2.63. The zero-order valence-corrected chi connectivity index (χ0v) is 13.3. The number of halogens is 4. The molecule has 0 radical (unpaired) electrons. The van der Waals surface area contributed by atoms with Gasteiger partial charge in [-0.2, -0.15) is 17.6 Å². The number of hydrogen-bond acceptors (Lipinski definition) is 1. The van der Waals surface area contributed by atoms with E-state index in [0.29, 0.717) is 22.9 Å². The summed E-state index contributed by atoms with van der Waals surface area (Å²) >= 11 is 0. The van der Waals surface area contributed by atoms with E-state index in [0.717, 1.165) is 5.56 Å². The second-order valence-corrected chi connectivity index (χ2v) is 6.47. The fourth-order valence-electron chi connectivity index (χ4n) is 3.52. The number of para-hydroxylation sites is 2. The number of hydrogen-bond donors (Lipinski definition) is 0. The Morgan fingerprint density at radius 1 is 0.960 bits per heavy atom. The van der Waals surface area contributed by atoms with Crippen molar-refractivity contribution in [2.75, 3.05) is 0 Å². The summed E-state index contributed by atoms with van der Waals surface area (Å²) < 4.78 is 57.8. The van der Waals surface area contributed by atoms with Gasteiger partial charge in [0.1, 0.15) is 5.82 Å². The molecule has 0 spiro atoms. The molecule has 0 bridgehead atoms. The lowest BCUT2D eigenvalue weighted by Crippen LogP contribution is -2.48. The molecular weight excluding hydrogens is 332 g/mol. The molecule has 0 aliphatic carbocycles. The molecule has 4 rings (SSSR count). The minimum Gasteiger partial charge on any atom is -0.262 e. The zero-order chi connectivity index (χ0) is 17.7. The molecule has 0 saturated carbocycles. The smallest absolute Gasteiger partial charge is 0.262 e. The van der Waals surface area contributed by atoms with E-state index < -0.39 is 24.3 Å². The molecule has 1 aliphatic heterocycles. The van der Waals surface area contributed by atoms with Crippen molar-refractivity contribution in [3.63, 3.8) is 0 Å². The number of fused-ring (bicyclic) bond motifs is 3. The highest BCUT2D eigenvalue weighted by molar-refractivity contribution is 5.76. The normalized spacial score (nSPS) is 21.2. The molecule has 0 unspecified atom stereocenters. The highest BCUT2D eigenvalue weighted by atomic mass is 19.3. The molecule has 1 atom stereocenters. The van der Waals surface area contributed by atoms with E-state index >= 15 is 0 Å². The summed E-state index contributed by atoms with van der Waals surface area (Å²) in [5.74, 6) is -4.78. The molecular formula is C19H16F4N2. The minimum absolute atomic E-state index is 0.0478. The van der Waals surface area contributed by atoms with Crippen molar-refractivity contribution in [1.29, 1.82) is 0 Å². The minimum atomic E-state index is -4.28. The Labute approximate surface area is 142 Å². The predicted molar refractivity (Wildman–Crippen MR) is 87.0 cm³/mol. The van der Waals surface area contributed by atoms with Crippen LogP contribution in [0.3, 0.4) is 0 Å². The van der Waals surface area contributed by atoms with Gasteiger partial charge < -0.3 is 0 Å². The Bertz CT molecular complexity index is 902. The monoisotopic (exact) mass is 348 g/mol. The molecule has 0 saturated heterocycles. The van der Waals surface area contributed by atoms with E-state index in [1.807, 2.05) is 30.3 Å². The van der Waals surface area contributed by atoms with Crippen LogP contribution in [0.1, 0.15) is 30.1 Å². The maximum Gasteiger partial charge on any atom is 0.393 e. The van der Waals surface area contributed by atoms with Gasteiger partial charge in [-0.05, 0) is 30.5 Å². The van der Waals surface area contributed by atoms with Gasteiger partial charge in [-0.1, -0.05) is 42.5 Å². The third kappa shape index (κ3) is 2.51. The molecule has 2 aromatic carbocycles. The van der Waals surface area contributed by atoms with Gasteiger partial charge in [-0.25, -0.2) is 4.98 Å². The average molecular weight is 348 g/mol. The van der Waals surface area contributed by atoms with E-state index in [1.165, 1.54) is 6.07 Å². The summed E-state index contributed by atoms with van der Waals surface area (Å²) in [5.41, 5.74) is 1.36. The lowest BCUT2D eigenvalue weighted by atomic mass is 9.89. The molecule has 1 aromatic heterocycles. The van der Waals surface area contributed by atoms with Crippen LogP contribution in [0, 0.1) is 0 Å². The molecule has 1 aliphatic rings. The van der Waals surface area contributed by atoms with Crippen LogP contribution in [0.5, 0.6) is 0 Å². The van der Waals surface area contributed by atoms with E-state index in [4.69, 9.17) is 0 Å². The van der Waals surface area contributed by atoms with Crippen molar-refractivity contribution in [1.82, 2.24) is 9.55 Å². The van der Waals surface area contributed by atoms with Crippen LogP contribution in [0.15, 0.2) is 54.6 Å². The van der Waals surface area contributed by atoms with Crippen LogP contribution < -0.4 is 0 Å². The van der Waals surface area contributed by atoms with Crippen LogP contribution in [-0.2, 0) is 12.5 Å². The van der Waals surface area contributed by atoms with E-state index in [-0.39, 0.29) is 11.3 Å². The molecule has 0 amide bonds. The Morgan fingerprint density at radius 3 is 2.40 bits per heavy atom. The Kier molecular flexibility index (Phi) is 3.60. The average Bonchev–Trinajstić information content (AvgIpc) is 2.99. The summed E-state index contributed by atoms with van der Waals surface area (Å²) in [6, 6.07) is 11.3. The lowest BCUT2D eigenvalue weighted by molar-refractivity contribution is -0.273. The Hall–Kier alpha value is -2.37. The maximum atomic E-state index is 14.4. The van der Waals surface area contributed by atoms with Crippen LogP contribution >= 0.6 is 0 Å². The number of imidazole rings is 1. The SMILES string of the molecule is FC1(F)C[C@@H](CCc2ccccc2)c2nc3ccccc3n2C1(F)F. The predicted octanol–water partition coefficient (Wildman–Crippen LogP) is 5.34. The fourth-order valence-corrected chi connectivity index (χ4v) is 3.52. The molecule has 0 N–H and O–H groups in total. The Balaban J connectivity index is 1.77. The van der Waals surface area contributed by atoms with Crippen molar-refractivity contribution in [3.8, 4) is 0 Å². The molecule has 2 heterocycles. The summed E-state index contributed by atoms with van der Waals surface area (Å²) in [6.45, 7) is 0. The molecule has 0 fully saturated rings. The number of aryl methyl sites for hydroxylation is 1. The first-order valence-corrected chi connectivity index (χ1v) is 8.17. The summed E-state index contributed by atoms with van der Waals surface area (Å²) in [6.07, 6.45) is -0.00841. The Morgan fingerprint density at radius 2 is 1.64 bits per heavy atom. The van der Waals surface area contributed by atoms with Gasteiger partial charge in [0.05, 0.1) is 11.0 Å². The number of nitrogens with zero attached hydrogens (tertiary/aromatic N) is 2. The van der Waals surface area contributed by atoms with Crippen molar-refractivity contribution < 1.29 is 17.6 Å². The van der Waals surface area contributed by atoms with Crippen molar-refractivity contribution in [3.05, 3.63) is 66.0 Å². The van der Waals surface area contributed by atoms with Crippen LogP contribution in [0.2, 0.25) is 0 Å². The van der Waals surface area contributed by atoms with Gasteiger partial charge in [0, 0.05) is 12.3 Å². The van der Waals surface area contributed by atoms with Crippen molar-refractivity contribution in [2.45, 2.75) is 37.1 Å². The van der Waals surface area contributed by atoms with E-state index in [2.05, 4.69) is 4.98 Å². The zero-order valence-electron chi connectivity index (χ0n) is 13.3. The van der Waals surface area contributed by atoms with Gasteiger partial charge in [0.25, 0.3) is 0 Å². The highest BCUT2D eigenvalue weighted by Crippen LogP contribution is 2.52. The molecule has 130 valence electrons. The molecule has 25 heavy (non-hydrogen) atoms. The van der Waals surface area contributed by atoms with Crippen LogP contribution in [-0.4, -0.2) is 15.5 Å². The second-order valence-electron chi connectivity index (χ2n) is 6.47. The lowest BCUT2D eigenvalue weighted by Gasteiger charge is -2.37. The van der Waals surface area contributed by atoms with E-state index in [1.54, 1.807) is 18.2 Å². The summed E-state index contributed by atoms with van der Waals surface area (Å²) in [7, 11) is 0. The maximum absolute atomic E-state index is 14.4. The van der Waals surface area contributed by atoms with Crippen molar-refractivity contribution >= 4 is 11.0 Å². The van der Waals surface area contributed by atoms with Gasteiger partial charge in [0.15, 0.2) is 0 Å².